The molecule has 80 valence electrons. The fraction of sp³-hybridized carbons (Fsp3) is 0.625. The Balaban J connectivity index is 2.57. The zero-order valence-corrected chi connectivity index (χ0v) is 9.57. The second-order valence-corrected chi connectivity index (χ2v) is 5.36. The second-order valence-electron chi connectivity index (χ2n) is 2.68. The SMILES string of the molecule is CCCC(=O)OC1=CSCCS1=NO. The zero-order chi connectivity index (χ0) is 10.4. The third-order valence-corrected chi connectivity index (χ3v) is 4.26. The molecule has 1 unspecified atom stereocenters. The van der Waals surface area contributed by atoms with Gasteiger partial charge in [-0.15, -0.1) is 16.3 Å². The van der Waals surface area contributed by atoms with Crippen LogP contribution in [0.4, 0.5) is 0 Å². The molecule has 1 atom stereocenters. The normalized spacial score (nSPS) is 21.9. The first-order chi connectivity index (χ1) is 6.77. The number of esters is 1. The van der Waals surface area contributed by atoms with Crippen LogP contribution < -0.4 is 0 Å². The Kier molecular flexibility index (Phi) is 5.21. The summed E-state index contributed by atoms with van der Waals surface area (Å²) in [6, 6.07) is 0. The smallest absolute Gasteiger partial charge is 0.311 e. The van der Waals surface area contributed by atoms with Gasteiger partial charge in [0.15, 0.2) is 5.09 Å². The maximum Gasteiger partial charge on any atom is 0.311 e. The summed E-state index contributed by atoms with van der Waals surface area (Å²) >= 11 is 1.58. The van der Waals surface area contributed by atoms with Crippen LogP contribution in [0.5, 0.6) is 0 Å². The molecule has 0 saturated carbocycles. The summed E-state index contributed by atoms with van der Waals surface area (Å²) in [5.41, 5.74) is 0. The first kappa shape index (κ1) is 11.7. The van der Waals surface area contributed by atoms with E-state index in [0.29, 0.717) is 11.5 Å². The number of thioether (sulfide) groups is 1. The van der Waals surface area contributed by atoms with Crippen LogP contribution in [0, 0.1) is 0 Å². The van der Waals surface area contributed by atoms with Gasteiger partial charge in [0, 0.05) is 23.3 Å². The van der Waals surface area contributed by atoms with Crippen LogP contribution >= 0.6 is 11.8 Å². The molecule has 0 fully saturated rings. The molecule has 1 aliphatic heterocycles. The van der Waals surface area contributed by atoms with Gasteiger partial charge >= 0.3 is 5.97 Å². The lowest BCUT2D eigenvalue weighted by Gasteiger charge is -2.14. The molecular formula is C8H13NO3S2. The van der Waals surface area contributed by atoms with Crippen LogP contribution in [0.3, 0.4) is 0 Å². The number of hydrogen-bond acceptors (Lipinski definition) is 4. The van der Waals surface area contributed by atoms with E-state index in [9.17, 15) is 4.79 Å². The number of carbonyl (C=O) groups is 1. The highest BCUT2D eigenvalue weighted by Gasteiger charge is 2.15. The van der Waals surface area contributed by atoms with Crippen molar-refractivity contribution < 1.29 is 14.7 Å². The highest BCUT2D eigenvalue weighted by atomic mass is 32.2. The Labute approximate surface area is 89.8 Å². The lowest BCUT2D eigenvalue weighted by atomic mass is 10.3. The summed E-state index contributed by atoms with van der Waals surface area (Å²) in [4.78, 5) is 11.2. The van der Waals surface area contributed by atoms with Crippen LogP contribution in [-0.2, 0) is 20.2 Å². The van der Waals surface area contributed by atoms with E-state index < -0.39 is 10.7 Å². The average Bonchev–Trinajstić information content (AvgIpc) is 2.19. The van der Waals surface area contributed by atoms with Crippen LogP contribution in [-0.4, -0.2) is 22.7 Å². The van der Waals surface area contributed by atoms with Crippen molar-refractivity contribution in [1.82, 2.24) is 0 Å². The van der Waals surface area contributed by atoms with Crippen molar-refractivity contribution >= 4 is 28.4 Å². The molecule has 0 aromatic carbocycles. The van der Waals surface area contributed by atoms with Crippen LogP contribution in [0.2, 0.25) is 0 Å². The van der Waals surface area contributed by atoms with Crippen molar-refractivity contribution in [2.24, 2.45) is 4.53 Å². The molecule has 1 heterocycles. The Morgan fingerprint density at radius 2 is 2.64 bits per heavy atom. The molecule has 14 heavy (non-hydrogen) atoms. The van der Waals surface area contributed by atoms with Gasteiger partial charge in [0.05, 0.1) is 0 Å². The van der Waals surface area contributed by atoms with Gasteiger partial charge in [-0.3, -0.25) is 10.0 Å². The summed E-state index contributed by atoms with van der Waals surface area (Å²) in [5.74, 6) is 1.40. The number of hydrogen-bond donors (Lipinski definition) is 1. The Hall–Kier alpha value is -0.330. The fourth-order valence-corrected chi connectivity index (χ4v) is 3.45. The molecule has 6 heteroatoms. The Bertz CT molecular complexity index is 276. The largest absolute Gasteiger partial charge is 0.418 e. The molecule has 0 aromatic rings. The Morgan fingerprint density at radius 3 is 3.29 bits per heavy atom. The molecule has 1 aliphatic rings. The van der Waals surface area contributed by atoms with Crippen molar-refractivity contribution in [1.29, 1.82) is 0 Å². The second kappa shape index (κ2) is 6.21. The van der Waals surface area contributed by atoms with E-state index >= 15 is 0 Å². The molecule has 0 spiro atoms. The van der Waals surface area contributed by atoms with E-state index in [2.05, 4.69) is 4.53 Å². The first-order valence-corrected chi connectivity index (χ1v) is 6.76. The topological polar surface area (TPSA) is 58.9 Å². The third kappa shape index (κ3) is 3.43. The molecule has 0 amide bonds. The van der Waals surface area contributed by atoms with Crippen LogP contribution in [0.15, 0.2) is 15.0 Å². The van der Waals surface area contributed by atoms with Crippen molar-refractivity contribution in [2.75, 3.05) is 11.5 Å². The van der Waals surface area contributed by atoms with Crippen LogP contribution in [0.1, 0.15) is 19.8 Å². The molecule has 1 rings (SSSR count). The zero-order valence-electron chi connectivity index (χ0n) is 7.93. The first-order valence-electron chi connectivity index (χ1n) is 4.36. The van der Waals surface area contributed by atoms with E-state index in [0.717, 1.165) is 17.9 Å². The van der Waals surface area contributed by atoms with E-state index in [4.69, 9.17) is 9.94 Å². The van der Waals surface area contributed by atoms with E-state index in [1.165, 1.54) is 0 Å². The fourth-order valence-electron chi connectivity index (χ4n) is 0.931. The van der Waals surface area contributed by atoms with Crippen molar-refractivity contribution in [3.8, 4) is 0 Å². The maximum absolute atomic E-state index is 11.2. The minimum atomic E-state index is -0.636. The van der Waals surface area contributed by atoms with Crippen molar-refractivity contribution in [2.45, 2.75) is 19.8 Å². The minimum Gasteiger partial charge on any atom is -0.418 e. The Morgan fingerprint density at radius 1 is 1.86 bits per heavy atom. The summed E-state index contributed by atoms with van der Waals surface area (Å²) in [6.07, 6.45) is 1.17. The van der Waals surface area contributed by atoms with Gasteiger partial charge in [0.25, 0.3) is 0 Å². The molecule has 0 aliphatic carbocycles. The highest BCUT2D eigenvalue weighted by molar-refractivity contribution is 8.05. The third-order valence-electron chi connectivity index (χ3n) is 1.57. The lowest BCUT2D eigenvalue weighted by Crippen LogP contribution is -2.13. The monoisotopic (exact) mass is 235 g/mol. The number of rotatable bonds is 3. The molecule has 1 N–H and O–H groups in total. The summed E-state index contributed by atoms with van der Waals surface area (Å²) in [6.45, 7) is 1.92. The van der Waals surface area contributed by atoms with E-state index in [1.807, 2.05) is 6.92 Å². The predicted octanol–water partition coefficient (Wildman–Crippen LogP) is 2.07. The molecule has 0 aromatic heterocycles. The number of ether oxygens (including phenoxy) is 1. The van der Waals surface area contributed by atoms with E-state index in [1.54, 1.807) is 17.2 Å². The van der Waals surface area contributed by atoms with Gasteiger partial charge in [-0.25, -0.2) is 0 Å². The van der Waals surface area contributed by atoms with Crippen LogP contribution in [0.25, 0.3) is 0 Å². The summed E-state index contributed by atoms with van der Waals surface area (Å²) < 4.78 is 8.31. The minimum absolute atomic E-state index is 0.248. The van der Waals surface area contributed by atoms with Crippen molar-refractivity contribution in [3.05, 3.63) is 10.5 Å². The van der Waals surface area contributed by atoms with Gasteiger partial charge in [-0.2, -0.15) is 0 Å². The maximum atomic E-state index is 11.2. The molecular weight excluding hydrogens is 222 g/mol. The molecule has 0 radical (unpaired) electrons. The molecule has 0 saturated heterocycles. The average molecular weight is 235 g/mol. The van der Waals surface area contributed by atoms with Gasteiger partial charge in [0.1, 0.15) is 0 Å². The lowest BCUT2D eigenvalue weighted by molar-refractivity contribution is -0.138. The van der Waals surface area contributed by atoms with E-state index in [-0.39, 0.29) is 5.97 Å². The van der Waals surface area contributed by atoms with Gasteiger partial charge in [-0.05, 0) is 17.1 Å². The number of nitrogens with zero attached hydrogens (tertiary/aromatic N) is 1. The standard InChI is InChI=1S/C8H13NO3S2/c1-2-3-7(10)12-8-6-13-4-5-14(8)9-11/h6,11H,2-5H2,1H3. The summed E-state index contributed by atoms with van der Waals surface area (Å²) in [7, 11) is -0.636. The predicted molar refractivity (Wildman–Crippen MR) is 58.0 cm³/mol. The quantitative estimate of drug-likeness (QED) is 0.601. The van der Waals surface area contributed by atoms with Gasteiger partial charge in [-0.1, -0.05) is 6.92 Å². The molecule has 0 bridgehead atoms. The number of carbonyl (C=O) groups excluding carboxylic acids is 1. The van der Waals surface area contributed by atoms with Gasteiger partial charge in [0.2, 0.25) is 0 Å². The molecule has 4 nitrogen and oxygen atoms in total. The van der Waals surface area contributed by atoms with Crippen molar-refractivity contribution in [3.63, 3.8) is 0 Å². The van der Waals surface area contributed by atoms with Gasteiger partial charge < -0.3 is 4.74 Å². The highest BCUT2D eigenvalue weighted by Crippen LogP contribution is 2.21. The summed E-state index contributed by atoms with van der Waals surface area (Å²) in [5, 5.41) is 11.0.